The van der Waals surface area contributed by atoms with Crippen LogP contribution in [-0.4, -0.2) is 9.97 Å². The molecular weight excluding hydrogens is 208 g/mol. The molecule has 15 heavy (non-hydrogen) atoms. The number of H-pyrrole nitrogens is 1. The van der Waals surface area contributed by atoms with E-state index in [4.69, 9.17) is 11.6 Å². The lowest BCUT2D eigenvalue weighted by Gasteiger charge is -2.04. The minimum absolute atomic E-state index is 0.471. The maximum Gasteiger partial charge on any atom is 0.110 e. The van der Waals surface area contributed by atoms with Crippen LogP contribution in [0.5, 0.6) is 0 Å². The molecule has 0 aliphatic heterocycles. The number of nitrogens with one attached hydrogen (secondary N) is 1. The van der Waals surface area contributed by atoms with Gasteiger partial charge >= 0.3 is 0 Å². The number of aromatic amines is 1. The van der Waals surface area contributed by atoms with E-state index < -0.39 is 0 Å². The molecule has 0 bridgehead atoms. The van der Waals surface area contributed by atoms with Gasteiger partial charge in [-0.3, -0.25) is 0 Å². The normalized spacial score (nSPS) is 13.3. The van der Waals surface area contributed by atoms with Crippen LogP contribution in [0.15, 0.2) is 18.2 Å². The van der Waals surface area contributed by atoms with Gasteiger partial charge in [-0.25, -0.2) is 4.98 Å². The van der Waals surface area contributed by atoms with Gasteiger partial charge in [0.1, 0.15) is 11.3 Å². The molecule has 3 heteroatoms. The third-order valence-electron chi connectivity index (χ3n) is 2.67. The Hall–Kier alpha value is -1.02. The van der Waals surface area contributed by atoms with Crippen molar-refractivity contribution in [1.82, 2.24) is 9.97 Å². The second-order valence-electron chi connectivity index (χ2n) is 3.95. The maximum absolute atomic E-state index is 6.07. The molecule has 1 aromatic carbocycles. The number of imidazole rings is 1. The highest BCUT2D eigenvalue weighted by Gasteiger charge is 2.11. The Balaban J connectivity index is 2.43. The average molecular weight is 223 g/mol. The lowest BCUT2D eigenvalue weighted by molar-refractivity contribution is 0.636. The van der Waals surface area contributed by atoms with Crippen LogP contribution < -0.4 is 0 Å². The minimum Gasteiger partial charge on any atom is -0.342 e. The molecule has 2 aromatic rings. The number of halogens is 1. The van der Waals surface area contributed by atoms with Gasteiger partial charge in [-0.1, -0.05) is 37.9 Å². The van der Waals surface area contributed by atoms with Crippen LogP contribution in [0.1, 0.15) is 38.4 Å². The van der Waals surface area contributed by atoms with Crippen LogP contribution in [0.3, 0.4) is 0 Å². The van der Waals surface area contributed by atoms with Crippen LogP contribution in [0.4, 0.5) is 0 Å². The molecule has 80 valence electrons. The van der Waals surface area contributed by atoms with Crippen LogP contribution in [0.25, 0.3) is 11.0 Å². The van der Waals surface area contributed by atoms with Gasteiger partial charge in [0.15, 0.2) is 0 Å². The standard InChI is InChI=1S/C12H15ClN2/c1-3-5-8(2)12-14-10-7-4-6-9(13)11(10)15-12/h4,6-8H,3,5H2,1-2H3,(H,14,15). The molecular formula is C12H15ClN2. The highest BCUT2D eigenvalue weighted by Crippen LogP contribution is 2.25. The van der Waals surface area contributed by atoms with E-state index in [1.165, 1.54) is 6.42 Å². The Kier molecular flexibility index (Phi) is 2.96. The number of fused-ring (bicyclic) bond motifs is 1. The maximum atomic E-state index is 6.07. The molecule has 1 atom stereocenters. The van der Waals surface area contributed by atoms with Gasteiger partial charge in [-0.2, -0.15) is 0 Å². The van der Waals surface area contributed by atoms with Crippen molar-refractivity contribution in [2.45, 2.75) is 32.6 Å². The fourth-order valence-corrected chi connectivity index (χ4v) is 2.04. The van der Waals surface area contributed by atoms with Crippen molar-refractivity contribution >= 4 is 22.6 Å². The summed E-state index contributed by atoms with van der Waals surface area (Å²) in [5.41, 5.74) is 1.91. The molecule has 0 saturated heterocycles. The van der Waals surface area contributed by atoms with Gasteiger partial charge in [-0.15, -0.1) is 0 Å². The Labute approximate surface area is 94.7 Å². The molecule has 2 rings (SSSR count). The third-order valence-corrected chi connectivity index (χ3v) is 2.98. The first-order valence-electron chi connectivity index (χ1n) is 5.36. The van der Waals surface area contributed by atoms with Crippen molar-refractivity contribution < 1.29 is 0 Å². The monoisotopic (exact) mass is 222 g/mol. The molecule has 0 spiro atoms. The minimum atomic E-state index is 0.471. The lowest BCUT2D eigenvalue weighted by atomic mass is 10.1. The van der Waals surface area contributed by atoms with Crippen molar-refractivity contribution in [3.63, 3.8) is 0 Å². The topological polar surface area (TPSA) is 28.7 Å². The van der Waals surface area contributed by atoms with E-state index in [1.807, 2.05) is 18.2 Å². The first-order chi connectivity index (χ1) is 7.22. The van der Waals surface area contributed by atoms with E-state index in [0.29, 0.717) is 5.92 Å². The number of hydrogen-bond donors (Lipinski definition) is 1. The summed E-state index contributed by atoms with van der Waals surface area (Å²) in [7, 11) is 0. The molecule has 0 aliphatic carbocycles. The summed E-state index contributed by atoms with van der Waals surface area (Å²) in [6, 6.07) is 5.83. The summed E-state index contributed by atoms with van der Waals surface area (Å²) in [6.45, 7) is 4.38. The number of hydrogen-bond acceptors (Lipinski definition) is 1. The van der Waals surface area contributed by atoms with Gasteiger partial charge in [0, 0.05) is 5.92 Å². The first-order valence-corrected chi connectivity index (χ1v) is 5.74. The molecule has 1 heterocycles. The molecule has 0 fully saturated rings. The first kappa shape index (κ1) is 10.5. The Morgan fingerprint density at radius 3 is 2.93 bits per heavy atom. The predicted octanol–water partition coefficient (Wildman–Crippen LogP) is 4.12. The predicted molar refractivity (Wildman–Crippen MR) is 64.4 cm³/mol. The fourth-order valence-electron chi connectivity index (χ4n) is 1.82. The molecule has 1 aromatic heterocycles. The SMILES string of the molecule is CCCC(C)c1nc2c(Cl)cccc2[nH]1. The second kappa shape index (κ2) is 4.23. The van der Waals surface area contributed by atoms with Crippen molar-refractivity contribution in [2.24, 2.45) is 0 Å². The van der Waals surface area contributed by atoms with Crippen molar-refractivity contribution in [1.29, 1.82) is 0 Å². The molecule has 0 aliphatic rings. The summed E-state index contributed by atoms with van der Waals surface area (Å²) < 4.78 is 0. The summed E-state index contributed by atoms with van der Waals surface area (Å²) in [5.74, 6) is 1.51. The van der Waals surface area contributed by atoms with E-state index in [1.54, 1.807) is 0 Å². The Morgan fingerprint density at radius 1 is 1.47 bits per heavy atom. The van der Waals surface area contributed by atoms with Crippen molar-refractivity contribution in [2.75, 3.05) is 0 Å². The van der Waals surface area contributed by atoms with Crippen LogP contribution in [0.2, 0.25) is 5.02 Å². The van der Waals surface area contributed by atoms with Gasteiger partial charge in [0.2, 0.25) is 0 Å². The summed E-state index contributed by atoms with van der Waals surface area (Å²) in [5, 5.41) is 0.721. The highest BCUT2D eigenvalue weighted by molar-refractivity contribution is 6.34. The smallest absolute Gasteiger partial charge is 0.110 e. The van der Waals surface area contributed by atoms with Gasteiger partial charge < -0.3 is 4.98 Å². The fraction of sp³-hybridized carbons (Fsp3) is 0.417. The Morgan fingerprint density at radius 2 is 2.27 bits per heavy atom. The van der Waals surface area contributed by atoms with Crippen molar-refractivity contribution in [3.05, 3.63) is 29.0 Å². The Bertz CT molecular complexity index is 462. The molecule has 2 nitrogen and oxygen atoms in total. The third kappa shape index (κ3) is 2.00. The number of para-hydroxylation sites is 1. The highest BCUT2D eigenvalue weighted by atomic mass is 35.5. The number of rotatable bonds is 3. The number of nitrogens with zero attached hydrogens (tertiary/aromatic N) is 1. The van der Waals surface area contributed by atoms with Crippen LogP contribution in [0, 0.1) is 0 Å². The molecule has 0 amide bonds. The molecule has 0 saturated carbocycles. The second-order valence-corrected chi connectivity index (χ2v) is 4.35. The van der Waals surface area contributed by atoms with E-state index in [-0.39, 0.29) is 0 Å². The zero-order valence-electron chi connectivity index (χ0n) is 9.05. The van der Waals surface area contributed by atoms with E-state index in [2.05, 4.69) is 23.8 Å². The molecule has 1 unspecified atom stereocenters. The summed E-state index contributed by atoms with van der Waals surface area (Å²) in [6.07, 6.45) is 2.32. The van der Waals surface area contributed by atoms with Crippen molar-refractivity contribution in [3.8, 4) is 0 Å². The summed E-state index contributed by atoms with van der Waals surface area (Å²) in [4.78, 5) is 7.87. The van der Waals surface area contributed by atoms with Gasteiger partial charge in [0.25, 0.3) is 0 Å². The number of aromatic nitrogens is 2. The largest absolute Gasteiger partial charge is 0.342 e. The van der Waals surface area contributed by atoms with Crippen LogP contribution in [-0.2, 0) is 0 Å². The van der Waals surface area contributed by atoms with Gasteiger partial charge in [0.05, 0.1) is 10.5 Å². The molecule has 0 radical (unpaired) electrons. The number of benzene rings is 1. The zero-order chi connectivity index (χ0) is 10.8. The van der Waals surface area contributed by atoms with E-state index in [0.717, 1.165) is 28.3 Å². The molecule has 1 N–H and O–H groups in total. The summed E-state index contributed by atoms with van der Waals surface area (Å²) >= 11 is 6.07. The van der Waals surface area contributed by atoms with E-state index in [9.17, 15) is 0 Å². The quantitative estimate of drug-likeness (QED) is 0.832. The van der Waals surface area contributed by atoms with Crippen LogP contribution >= 0.6 is 11.6 Å². The average Bonchev–Trinajstić information content (AvgIpc) is 2.63. The van der Waals surface area contributed by atoms with E-state index >= 15 is 0 Å². The zero-order valence-corrected chi connectivity index (χ0v) is 9.80. The lowest BCUT2D eigenvalue weighted by Crippen LogP contribution is -1.94. The van der Waals surface area contributed by atoms with Gasteiger partial charge in [-0.05, 0) is 18.6 Å².